The van der Waals surface area contributed by atoms with E-state index in [4.69, 9.17) is 4.42 Å². The van der Waals surface area contributed by atoms with Crippen LogP contribution in [0.15, 0.2) is 34.9 Å². The molecule has 0 amide bonds. The molecule has 8 atom stereocenters. The normalized spacial score (nSPS) is 44.5. The van der Waals surface area contributed by atoms with Crippen LogP contribution in [0, 0.1) is 40.9 Å². The van der Waals surface area contributed by atoms with E-state index in [1.165, 1.54) is 38.5 Å². The Morgan fingerprint density at radius 1 is 0.968 bits per heavy atom. The third-order valence-corrected chi connectivity index (χ3v) is 10.3. The van der Waals surface area contributed by atoms with Gasteiger partial charge in [-0.25, -0.2) is 0 Å². The summed E-state index contributed by atoms with van der Waals surface area (Å²) in [4.78, 5) is 13.8. The van der Waals surface area contributed by atoms with Crippen LogP contribution in [0.1, 0.15) is 82.0 Å². The molecule has 1 aromatic heterocycles. The van der Waals surface area contributed by atoms with Crippen molar-refractivity contribution in [3.8, 4) is 0 Å². The van der Waals surface area contributed by atoms with Crippen molar-refractivity contribution in [2.24, 2.45) is 40.9 Å². The largest absolute Gasteiger partial charge is 0.464 e. The van der Waals surface area contributed by atoms with E-state index in [2.05, 4.69) is 6.92 Å². The molecule has 0 spiro atoms. The zero-order valence-electron chi connectivity index (χ0n) is 19.0. The van der Waals surface area contributed by atoms with Gasteiger partial charge in [0.25, 0.3) is 0 Å². The molecule has 6 rings (SSSR count). The second-order valence-electron chi connectivity index (χ2n) is 11.9. The average Bonchev–Trinajstić information content (AvgIpc) is 3.33. The van der Waals surface area contributed by atoms with Gasteiger partial charge in [-0.05, 0) is 106 Å². The van der Waals surface area contributed by atoms with Gasteiger partial charge < -0.3 is 9.52 Å². The number of rotatable bonds is 2. The fourth-order valence-electron chi connectivity index (χ4n) is 8.87. The first-order chi connectivity index (χ1) is 14.9. The predicted octanol–water partition coefficient (Wildman–Crippen LogP) is 6.64. The Hall–Kier alpha value is -1.61. The summed E-state index contributed by atoms with van der Waals surface area (Å²) in [6.45, 7) is 4.48. The fourth-order valence-corrected chi connectivity index (χ4v) is 8.87. The van der Waals surface area contributed by atoms with E-state index in [1.54, 1.807) is 6.26 Å². The number of Topliss-reactive ketones (excluding diaryl/α,β-unsaturated/α-hetero) is 1. The molecule has 4 aliphatic rings. The molecule has 4 aliphatic carbocycles. The average molecular weight is 421 g/mol. The zero-order valence-corrected chi connectivity index (χ0v) is 19.0. The molecular formula is C28H36O3. The Labute approximate surface area is 185 Å². The van der Waals surface area contributed by atoms with Crippen molar-refractivity contribution in [2.75, 3.05) is 0 Å². The number of fused-ring (bicyclic) bond motifs is 6. The van der Waals surface area contributed by atoms with Gasteiger partial charge in [0.05, 0.1) is 11.2 Å². The Kier molecular flexibility index (Phi) is 4.49. The topological polar surface area (TPSA) is 50.4 Å². The fraction of sp³-hybridized carbons (Fsp3) is 0.679. The van der Waals surface area contributed by atoms with Crippen LogP contribution in [0.2, 0.25) is 0 Å². The maximum atomic E-state index is 13.8. The molecule has 3 heteroatoms. The van der Waals surface area contributed by atoms with Gasteiger partial charge in [0.2, 0.25) is 0 Å². The molecule has 0 radical (unpaired) electrons. The predicted molar refractivity (Wildman–Crippen MR) is 122 cm³/mol. The van der Waals surface area contributed by atoms with Crippen LogP contribution < -0.4 is 0 Å². The van der Waals surface area contributed by atoms with Crippen LogP contribution in [0.3, 0.4) is 0 Å². The minimum absolute atomic E-state index is 0.129. The summed E-state index contributed by atoms with van der Waals surface area (Å²) in [6, 6.07) is 7.95. The molecule has 1 aromatic carbocycles. The summed E-state index contributed by atoms with van der Waals surface area (Å²) in [5, 5.41) is 11.6. The first-order valence-corrected chi connectivity index (χ1v) is 12.6. The van der Waals surface area contributed by atoms with Crippen molar-refractivity contribution in [3.05, 3.63) is 36.1 Å². The van der Waals surface area contributed by atoms with Crippen LogP contribution >= 0.6 is 0 Å². The molecule has 4 saturated carbocycles. The first-order valence-electron chi connectivity index (χ1n) is 12.6. The third-order valence-electron chi connectivity index (χ3n) is 10.3. The van der Waals surface area contributed by atoms with Gasteiger partial charge in [-0.1, -0.05) is 25.1 Å². The van der Waals surface area contributed by atoms with Crippen LogP contribution in [-0.4, -0.2) is 16.5 Å². The molecule has 31 heavy (non-hydrogen) atoms. The Morgan fingerprint density at radius 2 is 1.77 bits per heavy atom. The number of para-hydroxylation sites is 1. The summed E-state index contributed by atoms with van der Waals surface area (Å²) in [5.41, 5.74) is 1.29. The van der Waals surface area contributed by atoms with Crippen molar-refractivity contribution in [1.82, 2.24) is 0 Å². The van der Waals surface area contributed by atoms with Crippen molar-refractivity contribution in [2.45, 2.75) is 77.2 Å². The third kappa shape index (κ3) is 2.98. The molecule has 3 nitrogen and oxygen atoms in total. The van der Waals surface area contributed by atoms with E-state index in [1.807, 2.05) is 31.2 Å². The smallest absolute Gasteiger partial charge is 0.170 e. The van der Waals surface area contributed by atoms with Crippen LogP contribution in [0.5, 0.6) is 0 Å². The molecule has 0 bridgehead atoms. The van der Waals surface area contributed by atoms with Crippen LogP contribution in [0.4, 0.5) is 0 Å². The Morgan fingerprint density at radius 3 is 2.65 bits per heavy atom. The zero-order chi connectivity index (χ0) is 21.4. The number of hydrogen-bond acceptors (Lipinski definition) is 3. The number of carbonyl (C=O) groups is 1. The Bertz CT molecular complexity index is 1000. The van der Waals surface area contributed by atoms with E-state index in [-0.39, 0.29) is 11.3 Å². The highest BCUT2D eigenvalue weighted by Gasteiger charge is 2.59. The number of carbonyl (C=O) groups excluding carboxylic acids is 1. The number of aliphatic hydroxyl groups is 1. The highest BCUT2D eigenvalue weighted by molar-refractivity contribution is 6.08. The van der Waals surface area contributed by atoms with E-state index in [0.29, 0.717) is 17.6 Å². The van der Waals surface area contributed by atoms with Crippen molar-refractivity contribution in [1.29, 1.82) is 0 Å². The second-order valence-corrected chi connectivity index (χ2v) is 11.9. The highest BCUT2D eigenvalue weighted by atomic mass is 16.3. The lowest BCUT2D eigenvalue weighted by Gasteiger charge is -2.56. The van der Waals surface area contributed by atoms with E-state index < -0.39 is 5.60 Å². The van der Waals surface area contributed by atoms with Crippen molar-refractivity contribution >= 4 is 16.8 Å². The number of benzene rings is 1. The lowest BCUT2D eigenvalue weighted by atomic mass is 9.49. The molecule has 0 aliphatic heterocycles. The maximum absolute atomic E-state index is 13.8. The number of ketones is 1. The summed E-state index contributed by atoms with van der Waals surface area (Å²) >= 11 is 0. The Balaban J connectivity index is 1.26. The standard InChI is InChI=1S/C28H36O3/c1-27(30)13-11-18-17(15-27)7-8-20-19(18)12-14-28(2)23(20)9-10-24(28)26(29)22-16-31-25-6-4-3-5-21(22)25/h3-6,16-20,23-24,30H,7-15H2,1-2H3/t17-,18+,19-,20?,23+,24-,27-,28+/m1/s1. The molecular weight excluding hydrogens is 384 g/mol. The van der Waals surface area contributed by atoms with E-state index in [9.17, 15) is 9.90 Å². The quantitative estimate of drug-likeness (QED) is 0.554. The van der Waals surface area contributed by atoms with Crippen LogP contribution in [-0.2, 0) is 0 Å². The minimum atomic E-state index is -0.449. The van der Waals surface area contributed by atoms with Gasteiger partial charge >= 0.3 is 0 Å². The van der Waals surface area contributed by atoms with Gasteiger partial charge in [-0.2, -0.15) is 0 Å². The second kappa shape index (κ2) is 6.94. The molecule has 1 unspecified atom stereocenters. The molecule has 4 fully saturated rings. The number of furan rings is 1. The van der Waals surface area contributed by atoms with Gasteiger partial charge in [0, 0.05) is 11.3 Å². The van der Waals surface area contributed by atoms with Crippen LogP contribution in [0.25, 0.3) is 11.0 Å². The first kappa shape index (κ1) is 20.0. The van der Waals surface area contributed by atoms with E-state index >= 15 is 0 Å². The van der Waals surface area contributed by atoms with Gasteiger partial charge in [-0.15, -0.1) is 0 Å². The van der Waals surface area contributed by atoms with Crippen molar-refractivity contribution < 1.29 is 14.3 Å². The SMILES string of the molecule is C[C@@]1(O)CC[C@H]2[C@H](CCC3[C@@H]2CC[C@]2(C)[C@@H](C(=O)c4coc5ccccc45)CC[C@@H]32)C1. The summed E-state index contributed by atoms with van der Waals surface area (Å²) in [6.07, 6.45) is 12.1. The minimum Gasteiger partial charge on any atom is -0.464 e. The van der Waals surface area contributed by atoms with E-state index in [0.717, 1.165) is 53.5 Å². The van der Waals surface area contributed by atoms with Gasteiger partial charge in [0.1, 0.15) is 11.8 Å². The van der Waals surface area contributed by atoms with Crippen molar-refractivity contribution in [3.63, 3.8) is 0 Å². The number of hydrogen-bond donors (Lipinski definition) is 1. The molecule has 2 aromatic rings. The lowest BCUT2D eigenvalue weighted by molar-refractivity contribution is -0.0976. The maximum Gasteiger partial charge on any atom is 0.170 e. The molecule has 1 N–H and O–H groups in total. The molecule has 1 heterocycles. The van der Waals surface area contributed by atoms with Gasteiger partial charge in [0.15, 0.2) is 5.78 Å². The summed E-state index contributed by atoms with van der Waals surface area (Å²) < 4.78 is 5.72. The molecule has 166 valence electrons. The summed E-state index contributed by atoms with van der Waals surface area (Å²) in [7, 11) is 0. The highest BCUT2D eigenvalue weighted by Crippen LogP contribution is 2.65. The molecule has 0 saturated heterocycles. The summed E-state index contributed by atoms with van der Waals surface area (Å²) in [5.74, 6) is 4.24. The van der Waals surface area contributed by atoms with Gasteiger partial charge in [-0.3, -0.25) is 4.79 Å². The monoisotopic (exact) mass is 420 g/mol. The lowest BCUT2D eigenvalue weighted by Crippen LogP contribution is -2.51.